The monoisotopic (exact) mass is 691 g/mol. The molecular formula is C49H33N5. The number of anilines is 6. The van der Waals surface area contributed by atoms with Crippen LogP contribution in [-0.2, 0) is 0 Å². The van der Waals surface area contributed by atoms with Crippen molar-refractivity contribution in [1.29, 1.82) is 10.5 Å². The molecule has 0 fully saturated rings. The van der Waals surface area contributed by atoms with E-state index in [2.05, 4.69) is 94.7 Å². The maximum Gasteiger partial charge on any atom is 0.102 e. The fourth-order valence-electron chi connectivity index (χ4n) is 6.85. The Morgan fingerprint density at radius 3 is 0.889 bits per heavy atom. The molecule has 0 amide bonds. The van der Waals surface area contributed by atoms with Crippen LogP contribution in [0.3, 0.4) is 0 Å². The zero-order valence-electron chi connectivity index (χ0n) is 29.3. The molecule has 0 saturated heterocycles. The molecule has 0 aliphatic rings. The summed E-state index contributed by atoms with van der Waals surface area (Å²) in [5, 5.41) is 21.5. The molecule has 0 spiro atoms. The Morgan fingerprint density at radius 1 is 0.315 bits per heavy atom. The van der Waals surface area contributed by atoms with Crippen LogP contribution < -0.4 is 9.80 Å². The van der Waals surface area contributed by atoms with Crippen molar-refractivity contribution in [2.24, 2.45) is 0 Å². The predicted octanol–water partition coefficient (Wildman–Crippen LogP) is 12.8. The van der Waals surface area contributed by atoms with Gasteiger partial charge in [-0.15, -0.1) is 0 Å². The Bertz CT molecular complexity index is 2340. The lowest BCUT2D eigenvalue weighted by Crippen LogP contribution is -2.09. The van der Waals surface area contributed by atoms with Crippen LogP contribution in [0.1, 0.15) is 11.1 Å². The van der Waals surface area contributed by atoms with Gasteiger partial charge in [0.2, 0.25) is 0 Å². The normalized spacial score (nSPS) is 10.6. The van der Waals surface area contributed by atoms with Gasteiger partial charge in [-0.05, 0) is 78.4 Å². The highest BCUT2D eigenvalue weighted by molar-refractivity contribution is 5.90. The molecular weight excluding hydrogens is 659 g/mol. The maximum atomic E-state index is 10.7. The Balaban J connectivity index is 1.27. The first-order valence-electron chi connectivity index (χ1n) is 17.7. The highest BCUT2D eigenvalue weighted by Crippen LogP contribution is 2.41. The number of nitriles is 2. The van der Waals surface area contributed by atoms with Crippen LogP contribution in [0.5, 0.6) is 0 Å². The van der Waals surface area contributed by atoms with Crippen LogP contribution in [-0.4, -0.2) is 4.98 Å². The molecule has 5 heteroatoms. The number of hydrogen-bond acceptors (Lipinski definition) is 5. The van der Waals surface area contributed by atoms with Crippen molar-refractivity contribution in [3.8, 4) is 45.8 Å². The number of pyridine rings is 1. The topological polar surface area (TPSA) is 67.0 Å². The second kappa shape index (κ2) is 15.3. The van der Waals surface area contributed by atoms with E-state index in [4.69, 9.17) is 4.98 Å². The summed E-state index contributed by atoms with van der Waals surface area (Å²) in [6.07, 6.45) is 0. The minimum Gasteiger partial charge on any atom is -0.311 e. The van der Waals surface area contributed by atoms with E-state index in [1.807, 2.05) is 127 Å². The van der Waals surface area contributed by atoms with Crippen LogP contribution in [0.15, 0.2) is 200 Å². The molecule has 0 aliphatic carbocycles. The summed E-state index contributed by atoms with van der Waals surface area (Å²) in [6.45, 7) is 0. The lowest BCUT2D eigenvalue weighted by molar-refractivity contribution is 1.26. The summed E-state index contributed by atoms with van der Waals surface area (Å²) in [6, 6.07) is 71.6. The number of rotatable bonds is 9. The molecule has 0 unspecified atom stereocenters. The molecule has 54 heavy (non-hydrogen) atoms. The van der Waals surface area contributed by atoms with Gasteiger partial charge in [-0.3, -0.25) is 0 Å². The first-order valence-corrected chi connectivity index (χ1v) is 17.7. The van der Waals surface area contributed by atoms with Crippen LogP contribution in [0, 0.1) is 22.7 Å². The first kappa shape index (κ1) is 33.4. The summed E-state index contributed by atoms with van der Waals surface area (Å²) >= 11 is 0. The van der Waals surface area contributed by atoms with Gasteiger partial charge in [0.25, 0.3) is 0 Å². The number of hydrogen-bond donors (Lipinski definition) is 0. The Kier molecular flexibility index (Phi) is 9.44. The minimum atomic E-state index is 0.355. The number of aromatic nitrogens is 1. The molecule has 0 radical (unpaired) electrons. The molecule has 8 aromatic rings. The van der Waals surface area contributed by atoms with E-state index in [0.29, 0.717) is 28.1 Å². The summed E-state index contributed by atoms with van der Waals surface area (Å²) in [4.78, 5) is 9.53. The third-order valence-electron chi connectivity index (χ3n) is 9.34. The third-order valence-corrected chi connectivity index (χ3v) is 9.34. The fraction of sp³-hybridized carbons (Fsp3) is 0. The Hall–Kier alpha value is -7.73. The Morgan fingerprint density at radius 2 is 0.593 bits per heavy atom. The van der Waals surface area contributed by atoms with E-state index >= 15 is 0 Å². The van der Waals surface area contributed by atoms with Crippen LogP contribution in [0.4, 0.5) is 34.1 Å². The third kappa shape index (κ3) is 6.58. The van der Waals surface area contributed by atoms with E-state index in [1.165, 1.54) is 0 Å². The predicted molar refractivity (Wildman–Crippen MR) is 219 cm³/mol. The molecule has 1 heterocycles. The molecule has 8 rings (SSSR count). The largest absolute Gasteiger partial charge is 0.311 e. The summed E-state index contributed by atoms with van der Waals surface area (Å²) in [5.41, 5.74) is 10.7. The van der Waals surface area contributed by atoms with Gasteiger partial charge in [0.15, 0.2) is 0 Å². The highest BCUT2D eigenvalue weighted by atomic mass is 15.1. The van der Waals surface area contributed by atoms with E-state index < -0.39 is 0 Å². The number of para-hydroxylation sites is 4. The van der Waals surface area contributed by atoms with Gasteiger partial charge in [-0.25, -0.2) is 4.98 Å². The summed E-state index contributed by atoms with van der Waals surface area (Å²) in [7, 11) is 0. The zero-order valence-corrected chi connectivity index (χ0v) is 29.3. The smallest absolute Gasteiger partial charge is 0.102 e. The molecule has 0 N–H and O–H groups in total. The highest BCUT2D eigenvalue weighted by Gasteiger charge is 2.24. The van der Waals surface area contributed by atoms with Crippen molar-refractivity contribution >= 4 is 34.1 Å². The van der Waals surface area contributed by atoms with Gasteiger partial charge in [-0.1, -0.05) is 127 Å². The molecule has 0 saturated carbocycles. The van der Waals surface area contributed by atoms with Crippen molar-refractivity contribution in [3.63, 3.8) is 0 Å². The zero-order chi connectivity index (χ0) is 36.7. The standard InChI is InChI=1S/C49H33N5/c50-34-45-47(36-16-6-1-7-17-36)46(35-51)49(38-28-32-44(33-29-38)54(41-22-12-4-13-23-41)42-24-14-5-15-25-42)52-48(45)37-26-30-43(31-27-37)53(39-18-8-2-9-19-39)40-20-10-3-11-21-40/h1-33H. The van der Waals surface area contributed by atoms with Gasteiger partial charge in [0, 0.05) is 50.8 Å². The van der Waals surface area contributed by atoms with Gasteiger partial charge in [0.1, 0.15) is 12.1 Å². The lowest BCUT2D eigenvalue weighted by Gasteiger charge is -2.26. The van der Waals surface area contributed by atoms with Gasteiger partial charge < -0.3 is 9.80 Å². The maximum absolute atomic E-state index is 10.7. The molecule has 1 aromatic heterocycles. The van der Waals surface area contributed by atoms with Crippen molar-refractivity contribution in [2.75, 3.05) is 9.80 Å². The number of benzene rings is 7. The van der Waals surface area contributed by atoms with E-state index in [-0.39, 0.29) is 0 Å². The number of nitrogens with zero attached hydrogens (tertiary/aromatic N) is 5. The molecule has 0 atom stereocenters. The quantitative estimate of drug-likeness (QED) is 0.151. The molecule has 254 valence electrons. The summed E-state index contributed by atoms with van der Waals surface area (Å²) in [5.74, 6) is 0. The Labute approximate surface area is 315 Å². The molecule has 0 bridgehead atoms. The second-order valence-electron chi connectivity index (χ2n) is 12.6. The lowest BCUT2D eigenvalue weighted by atomic mass is 9.89. The van der Waals surface area contributed by atoms with Crippen LogP contribution >= 0.6 is 0 Å². The first-order chi connectivity index (χ1) is 26.7. The minimum absolute atomic E-state index is 0.355. The van der Waals surface area contributed by atoms with Crippen molar-refractivity contribution in [3.05, 3.63) is 211 Å². The summed E-state index contributed by atoms with van der Waals surface area (Å²) < 4.78 is 0. The molecule has 7 aromatic carbocycles. The van der Waals surface area contributed by atoms with Crippen LogP contribution in [0.2, 0.25) is 0 Å². The second-order valence-corrected chi connectivity index (χ2v) is 12.6. The van der Waals surface area contributed by atoms with E-state index in [0.717, 1.165) is 50.8 Å². The van der Waals surface area contributed by atoms with Crippen molar-refractivity contribution < 1.29 is 0 Å². The molecule has 5 nitrogen and oxygen atoms in total. The van der Waals surface area contributed by atoms with Crippen molar-refractivity contribution in [1.82, 2.24) is 4.98 Å². The van der Waals surface area contributed by atoms with Crippen LogP contribution in [0.25, 0.3) is 33.6 Å². The van der Waals surface area contributed by atoms with E-state index in [9.17, 15) is 10.5 Å². The van der Waals surface area contributed by atoms with E-state index in [1.54, 1.807) is 0 Å². The van der Waals surface area contributed by atoms with Gasteiger partial charge in [-0.2, -0.15) is 10.5 Å². The molecule has 0 aliphatic heterocycles. The SMILES string of the molecule is N#Cc1c(-c2ccc(N(c3ccccc3)c3ccccc3)cc2)nc(-c2ccc(N(c3ccccc3)c3ccccc3)cc2)c(C#N)c1-c1ccccc1. The average molecular weight is 692 g/mol. The average Bonchev–Trinajstić information content (AvgIpc) is 3.25. The van der Waals surface area contributed by atoms with Crippen molar-refractivity contribution in [2.45, 2.75) is 0 Å². The fourth-order valence-corrected chi connectivity index (χ4v) is 6.85. The van der Waals surface area contributed by atoms with Gasteiger partial charge in [0.05, 0.1) is 22.5 Å². The van der Waals surface area contributed by atoms with Gasteiger partial charge >= 0.3 is 0 Å².